The van der Waals surface area contributed by atoms with Crippen molar-refractivity contribution in [3.63, 3.8) is 0 Å². The Morgan fingerprint density at radius 3 is 2.60 bits per heavy atom. The Hall–Kier alpha value is -0.820. The molecule has 0 amide bonds. The van der Waals surface area contributed by atoms with Crippen LogP contribution in [0.15, 0.2) is 30.3 Å². The van der Waals surface area contributed by atoms with Gasteiger partial charge in [-0.25, -0.2) is 0 Å². The van der Waals surface area contributed by atoms with Crippen LogP contribution in [0.3, 0.4) is 0 Å². The third-order valence-electron chi connectivity index (χ3n) is 3.37. The van der Waals surface area contributed by atoms with Gasteiger partial charge in [0, 0.05) is 0 Å². The van der Waals surface area contributed by atoms with Crippen LogP contribution in [0.4, 0.5) is 0 Å². The predicted molar refractivity (Wildman–Crippen MR) is 65.1 cm³/mol. The fraction of sp³-hybridized carbons (Fsp3) is 0.571. The normalized spacial score (nSPS) is 24.9. The van der Waals surface area contributed by atoms with Crippen LogP contribution in [0.25, 0.3) is 0 Å². The zero-order chi connectivity index (χ0) is 10.5. The lowest BCUT2D eigenvalue weighted by Crippen LogP contribution is -2.32. The van der Waals surface area contributed by atoms with E-state index < -0.39 is 0 Å². The minimum absolute atomic E-state index is 0.833. The number of rotatable bonds is 5. The molecule has 0 aliphatic heterocycles. The van der Waals surface area contributed by atoms with Gasteiger partial charge in [0.25, 0.3) is 0 Å². The fourth-order valence-corrected chi connectivity index (χ4v) is 2.38. The first-order valence-corrected chi connectivity index (χ1v) is 6.15. The molecular formula is C14H21N. The van der Waals surface area contributed by atoms with E-state index in [-0.39, 0.29) is 0 Å². The highest BCUT2D eigenvalue weighted by molar-refractivity contribution is 5.21. The summed E-state index contributed by atoms with van der Waals surface area (Å²) >= 11 is 0. The van der Waals surface area contributed by atoms with Gasteiger partial charge < -0.3 is 5.32 Å². The number of nitrogens with one attached hydrogen (secondary N) is 1. The Balaban J connectivity index is 1.70. The molecule has 0 bridgehead atoms. The maximum absolute atomic E-state index is 3.51. The lowest BCUT2D eigenvalue weighted by molar-refractivity contribution is 0.255. The Bertz CT molecular complexity index is 275. The highest BCUT2D eigenvalue weighted by atomic mass is 14.9. The smallest absolute Gasteiger partial charge is 0.00201 e. The van der Waals surface area contributed by atoms with E-state index in [9.17, 15) is 0 Å². The molecule has 0 atom stereocenters. The van der Waals surface area contributed by atoms with Crippen molar-refractivity contribution in [3.8, 4) is 0 Å². The summed E-state index contributed by atoms with van der Waals surface area (Å²) in [5.41, 5.74) is 1.53. The molecule has 1 aromatic carbocycles. The molecule has 1 fully saturated rings. The highest BCUT2D eigenvalue weighted by Crippen LogP contribution is 2.40. The van der Waals surface area contributed by atoms with Crippen LogP contribution in [-0.4, -0.2) is 13.1 Å². The Labute approximate surface area is 92.9 Å². The van der Waals surface area contributed by atoms with Crippen LogP contribution < -0.4 is 5.32 Å². The highest BCUT2D eigenvalue weighted by Gasteiger charge is 2.29. The third-order valence-corrected chi connectivity index (χ3v) is 3.37. The Morgan fingerprint density at radius 2 is 1.93 bits per heavy atom. The van der Waals surface area contributed by atoms with Crippen LogP contribution in [-0.2, 0) is 0 Å². The van der Waals surface area contributed by atoms with E-state index >= 15 is 0 Å². The summed E-state index contributed by atoms with van der Waals surface area (Å²) in [6, 6.07) is 10.9. The number of hydrogen-bond acceptors (Lipinski definition) is 1. The number of hydrogen-bond donors (Lipinski definition) is 1. The van der Waals surface area contributed by atoms with Crippen molar-refractivity contribution < 1.29 is 0 Å². The van der Waals surface area contributed by atoms with Gasteiger partial charge in [-0.1, -0.05) is 37.3 Å². The summed E-state index contributed by atoms with van der Waals surface area (Å²) in [7, 11) is 0. The summed E-state index contributed by atoms with van der Waals surface area (Å²) in [6.45, 7) is 4.62. The molecule has 0 unspecified atom stereocenters. The first-order chi connectivity index (χ1) is 7.40. The van der Waals surface area contributed by atoms with E-state index in [4.69, 9.17) is 0 Å². The molecule has 1 aliphatic rings. The van der Waals surface area contributed by atoms with Crippen LogP contribution in [0.5, 0.6) is 0 Å². The molecule has 1 aromatic rings. The molecule has 0 heterocycles. The predicted octanol–water partition coefficient (Wildman–Crippen LogP) is 3.18. The first kappa shape index (κ1) is 10.7. The fourth-order valence-electron chi connectivity index (χ4n) is 2.38. The van der Waals surface area contributed by atoms with Crippen LogP contribution in [0.2, 0.25) is 0 Å². The van der Waals surface area contributed by atoms with E-state index in [1.807, 2.05) is 0 Å². The summed E-state index contributed by atoms with van der Waals surface area (Å²) in [6.07, 6.45) is 4.00. The molecule has 1 nitrogen and oxygen atoms in total. The minimum atomic E-state index is 0.833. The van der Waals surface area contributed by atoms with Gasteiger partial charge in [-0.2, -0.15) is 0 Å². The molecule has 0 spiro atoms. The van der Waals surface area contributed by atoms with Crippen LogP contribution >= 0.6 is 0 Å². The molecule has 1 aliphatic carbocycles. The van der Waals surface area contributed by atoms with Gasteiger partial charge in [0.1, 0.15) is 0 Å². The second-order valence-electron chi connectivity index (χ2n) is 4.65. The molecule has 0 aromatic heterocycles. The standard InChI is InChI=1S/C14H21N/c1-2-8-15-11-12-9-14(10-12)13-6-4-3-5-7-13/h3-7,12,14-15H,2,8-11H2,1H3. The van der Waals surface area contributed by atoms with E-state index in [0.717, 1.165) is 11.8 Å². The van der Waals surface area contributed by atoms with Gasteiger partial charge >= 0.3 is 0 Å². The SMILES string of the molecule is CCCNCC1CC(c2ccccc2)C1. The molecular weight excluding hydrogens is 182 g/mol. The second kappa shape index (κ2) is 5.32. The van der Waals surface area contributed by atoms with Gasteiger partial charge in [0.2, 0.25) is 0 Å². The minimum Gasteiger partial charge on any atom is -0.316 e. The maximum Gasteiger partial charge on any atom is -0.00201 e. The van der Waals surface area contributed by atoms with Gasteiger partial charge in [0.15, 0.2) is 0 Å². The molecule has 1 N–H and O–H groups in total. The molecule has 2 rings (SSSR count). The zero-order valence-corrected chi connectivity index (χ0v) is 9.58. The largest absolute Gasteiger partial charge is 0.316 e. The lowest BCUT2D eigenvalue weighted by atomic mass is 9.71. The second-order valence-corrected chi connectivity index (χ2v) is 4.65. The quantitative estimate of drug-likeness (QED) is 0.725. The average molecular weight is 203 g/mol. The van der Waals surface area contributed by atoms with Crippen molar-refractivity contribution in [1.82, 2.24) is 5.32 Å². The van der Waals surface area contributed by atoms with Gasteiger partial charge in [-0.3, -0.25) is 0 Å². The van der Waals surface area contributed by atoms with Crippen molar-refractivity contribution >= 4 is 0 Å². The van der Waals surface area contributed by atoms with Gasteiger partial charge in [-0.15, -0.1) is 0 Å². The van der Waals surface area contributed by atoms with Crippen molar-refractivity contribution in [2.45, 2.75) is 32.1 Å². The van der Waals surface area contributed by atoms with Crippen molar-refractivity contribution in [2.75, 3.05) is 13.1 Å². The monoisotopic (exact) mass is 203 g/mol. The Kier molecular flexibility index (Phi) is 3.79. The van der Waals surface area contributed by atoms with E-state index in [0.29, 0.717) is 0 Å². The Morgan fingerprint density at radius 1 is 1.20 bits per heavy atom. The summed E-state index contributed by atoms with van der Waals surface area (Å²) in [4.78, 5) is 0. The first-order valence-electron chi connectivity index (χ1n) is 6.15. The molecule has 0 radical (unpaired) electrons. The molecule has 1 heteroatoms. The molecule has 0 saturated heterocycles. The maximum atomic E-state index is 3.51. The van der Waals surface area contributed by atoms with E-state index in [1.165, 1.54) is 37.9 Å². The van der Waals surface area contributed by atoms with E-state index in [2.05, 4.69) is 42.6 Å². The topological polar surface area (TPSA) is 12.0 Å². The zero-order valence-electron chi connectivity index (χ0n) is 9.58. The third kappa shape index (κ3) is 2.82. The van der Waals surface area contributed by atoms with E-state index in [1.54, 1.807) is 0 Å². The summed E-state index contributed by atoms with van der Waals surface area (Å²) in [5.74, 6) is 1.75. The van der Waals surface area contributed by atoms with Crippen molar-refractivity contribution in [1.29, 1.82) is 0 Å². The van der Waals surface area contributed by atoms with Gasteiger partial charge in [0.05, 0.1) is 0 Å². The van der Waals surface area contributed by atoms with Crippen LogP contribution in [0, 0.1) is 5.92 Å². The summed E-state index contributed by atoms with van der Waals surface area (Å²) < 4.78 is 0. The van der Waals surface area contributed by atoms with Crippen LogP contribution in [0.1, 0.15) is 37.7 Å². The van der Waals surface area contributed by atoms with Crippen molar-refractivity contribution in [3.05, 3.63) is 35.9 Å². The molecule has 82 valence electrons. The summed E-state index contributed by atoms with van der Waals surface area (Å²) in [5, 5.41) is 3.51. The van der Waals surface area contributed by atoms with Crippen molar-refractivity contribution in [2.24, 2.45) is 5.92 Å². The molecule has 1 saturated carbocycles. The number of benzene rings is 1. The lowest BCUT2D eigenvalue weighted by Gasteiger charge is -2.36. The molecule has 15 heavy (non-hydrogen) atoms. The van der Waals surface area contributed by atoms with Gasteiger partial charge in [-0.05, 0) is 49.8 Å². The average Bonchev–Trinajstić information content (AvgIpc) is 2.23.